The first-order chi connectivity index (χ1) is 10.5. The van der Waals surface area contributed by atoms with Crippen LogP contribution in [0, 0.1) is 5.41 Å². The van der Waals surface area contributed by atoms with Crippen LogP contribution in [0.25, 0.3) is 11.1 Å². The number of benzene rings is 2. The van der Waals surface area contributed by atoms with Gasteiger partial charge in [0.25, 0.3) is 0 Å². The van der Waals surface area contributed by atoms with Gasteiger partial charge in [-0.1, -0.05) is 76.2 Å². The van der Waals surface area contributed by atoms with Crippen LogP contribution in [0.15, 0.2) is 59.0 Å². The zero-order chi connectivity index (χ0) is 15.5. The quantitative estimate of drug-likeness (QED) is 0.653. The molecule has 1 heteroatoms. The van der Waals surface area contributed by atoms with E-state index in [1.54, 1.807) is 10.5 Å². The molecule has 0 fully saturated rings. The predicted molar refractivity (Wildman–Crippen MR) is 97.3 cm³/mol. The highest BCUT2D eigenvalue weighted by Gasteiger charge is 2.62. The molecule has 0 saturated carbocycles. The van der Waals surface area contributed by atoms with Gasteiger partial charge >= 0.3 is 0 Å². The summed E-state index contributed by atoms with van der Waals surface area (Å²) in [7, 11) is 0. The normalized spacial score (nSPS) is 17.6. The van der Waals surface area contributed by atoms with Gasteiger partial charge in [0, 0.05) is 4.91 Å². The molecule has 0 atom stereocenters. The van der Waals surface area contributed by atoms with Crippen molar-refractivity contribution in [2.24, 2.45) is 5.41 Å². The van der Waals surface area contributed by atoms with E-state index in [0.717, 1.165) is 5.75 Å². The summed E-state index contributed by atoms with van der Waals surface area (Å²) in [6, 6.07) is 18.0. The fourth-order valence-electron chi connectivity index (χ4n) is 4.24. The van der Waals surface area contributed by atoms with E-state index in [9.17, 15) is 0 Å². The van der Waals surface area contributed by atoms with Crippen molar-refractivity contribution in [3.05, 3.63) is 70.1 Å². The summed E-state index contributed by atoms with van der Waals surface area (Å²) in [5, 5.41) is 0. The molecular formula is C21H22S. The molecule has 2 aliphatic carbocycles. The Labute approximate surface area is 137 Å². The Bertz CT molecular complexity index is 744. The highest BCUT2D eigenvalue weighted by molar-refractivity contribution is 8.03. The zero-order valence-corrected chi connectivity index (χ0v) is 14.6. The highest BCUT2D eigenvalue weighted by atomic mass is 32.2. The molecule has 0 nitrogen and oxygen atoms in total. The molecule has 0 saturated heterocycles. The smallest absolute Gasteiger partial charge is 0.0749 e. The van der Waals surface area contributed by atoms with Crippen molar-refractivity contribution in [2.75, 3.05) is 5.75 Å². The summed E-state index contributed by atoms with van der Waals surface area (Å²) in [6.07, 6.45) is 0. The first kappa shape index (κ1) is 14.1. The van der Waals surface area contributed by atoms with Gasteiger partial charge in [0.2, 0.25) is 0 Å². The van der Waals surface area contributed by atoms with Crippen LogP contribution in [0.5, 0.6) is 0 Å². The van der Waals surface area contributed by atoms with Crippen molar-refractivity contribution in [3.63, 3.8) is 0 Å². The maximum atomic E-state index is 2.36. The standard InChI is InChI=1S/C21H22S/c1-5-22-19-18(20(2,3)4)21(19)16-12-8-6-10-14(16)15-11-7-9-13-17(15)21/h6-13H,5H2,1-4H3. The van der Waals surface area contributed by atoms with Crippen LogP contribution < -0.4 is 0 Å². The van der Waals surface area contributed by atoms with Gasteiger partial charge in [-0.05, 0) is 39.0 Å². The van der Waals surface area contributed by atoms with Gasteiger partial charge in [-0.2, -0.15) is 0 Å². The second-order valence-electron chi connectivity index (χ2n) is 7.23. The zero-order valence-electron chi connectivity index (χ0n) is 13.7. The van der Waals surface area contributed by atoms with E-state index in [1.165, 1.54) is 22.3 Å². The predicted octanol–water partition coefficient (Wildman–Crippen LogP) is 6.02. The SMILES string of the molecule is CCSC1=C(C(C)(C)C)C12c1ccccc1-c1ccccc12. The second kappa shape index (κ2) is 4.52. The summed E-state index contributed by atoms with van der Waals surface area (Å²) >= 11 is 2.04. The van der Waals surface area contributed by atoms with Crippen molar-refractivity contribution in [3.8, 4) is 11.1 Å². The van der Waals surface area contributed by atoms with E-state index in [-0.39, 0.29) is 10.8 Å². The Hall–Kier alpha value is -1.47. The van der Waals surface area contributed by atoms with Crippen molar-refractivity contribution in [1.82, 2.24) is 0 Å². The number of thioether (sulfide) groups is 1. The van der Waals surface area contributed by atoms with Crippen LogP contribution >= 0.6 is 11.8 Å². The summed E-state index contributed by atoms with van der Waals surface area (Å²) in [5.41, 5.74) is 7.75. The molecule has 0 aromatic heterocycles. The molecule has 4 rings (SSSR count). The molecule has 0 N–H and O–H groups in total. The van der Waals surface area contributed by atoms with Crippen LogP contribution in [0.2, 0.25) is 0 Å². The molecular weight excluding hydrogens is 284 g/mol. The number of allylic oxidation sites excluding steroid dienone is 2. The molecule has 1 spiro atoms. The number of hydrogen-bond acceptors (Lipinski definition) is 1. The third-order valence-electron chi connectivity index (χ3n) is 4.87. The van der Waals surface area contributed by atoms with Crippen LogP contribution in [-0.2, 0) is 5.41 Å². The molecule has 0 radical (unpaired) electrons. The monoisotopic (exact) mass is 306 g/mol. The lowest BCUT2D eigenvalue weighted by molar-refractivity contribution is 0.496. The molecule has 112 valence electrons. The van der Waals surface area contributed by atoms with E-state index in [1.807, 2.05) is 11.8 Å². The molecule has 0 bridgehead atoms. The fourth-order valence-corrected chi connectivity index (χ4v) is 5.61. The van der Waals surface area contributed by atoms with Crippen LogP contribution in [0.3, 0.4) is 0 Å². The lowest BCUT2D eigenvalue weighted by Gasteiger charge is -2.24. The molecule has 2 aromatic carbocycles. The summed E-state index contributed by atoms with van der Waals surface area (Å²) in [5.74, 6) is 1.14. The lowest BCUT2D eigenvalue weighted by atomic mass is 9.79. The lowest BCUT2D eigenvalue weighted by Crippen LogP contribution is -2.18. The minimum absolute atomic E-state index is 0.0755. The summed E-state index contributed by atoms with van der Waals surface area (Å²) < 4.78 is 0. The Kier molecular flexibility index (Phi) is 2.90. The number of rotatable bonds is 2. The van der Waals surface area contributed by atoms with E-state index in [0.29, 0.717) is 0 Å². The third-order valence-corrected chi connectivity index (χ3v) is 5.96. The van der Waals surface area contributed by atoms with Crippen LogP contribution in [0.1, 0.15) is 38.8 Å². The first-order valence-corrected chi connectivity index (χ1v) is 9.09. The Morgan fingerprint density at radius 2 is 1.36 bits per heavy atom. The van der Waals surface area contributed by atoms with Gasteiger partial charge in [0.1, 0.15) is 0 Å². The van der Waals surface area contributed by atoms with Gasteiger partial charge in [0.05, 0.1) is 5.41 Å². The third kappa shape index (κ3) is 1.61. The minimum atomic E-state index is 0.0755. The van der Waals surface area contributed by atoms with Gasteiger partial charge < -0.3 is 0 Å². The Morgan fingerprint density at radius 1 is 0.864 bits per heavy atom. The van der Waals surface area contributed by atoms with E-state index >= 15 is 0 Å². The van der Waals surface area contributed by atoms with Crippen molar-refractivity contribution in [1.29, 1.82) is 0 Å². The van der Waals surface area contributed by atoms with Gasteiger partial charge in [-0.3, -0.25) is 0 Å². The maximum Gasteiger partial charge on any atom is 0.0749 e. The summed E-state index contributed by atoms with van der Waals surface area (Å²) in [4.78, 5) is 1.60. The molecule has 22 heavy (non-hydrogen) atoms. The van der Waals surface area contributed by atoms with Crippen LogP contribution in [-0.4, -0.2) is 5.75 Å². The molecule has 0 unspecified atom stereocenters. The topological polar surface area (TPSA) is 0 Å². The average molecular weight is 306 g/mol. The van der Waals surface area contributed by atoms with Crippen molar-refractivity contribution in [2.45, 2.75) is 33.1 Å². The highest BCUT2D eigenvalue weighted by Crippen LogP contribution is 2.73. The summed E-state index contributed by atoms with van der Waals surface area (Å²) in [6.45, 7) is 9.33. The second-order valence-corrected chi connectivity index (χ2v) is 8.50. The number of fused-ring (bicyclic) bond motifs is 5. The van der Waals surface area contributed by atoms with E-state index in [4.69, 9.17) is 0 Å². The van der Waals surface area contributed by atoms with Gasteiger partial charge in [0.15, 0.2) is 0 Å². The molecule has 2 aliphatic rings. The molecule has 0 amide bonds. The Morgan fingerprint density at radius 3 is 1.82 bits per heavy atom. The number of hydrogen-bond donors (Lipinski definition) is 0. The first-order valence-electron chi connectivity index (χ1n) is 8.10. The maximum absolute atomic E-state index is 2.36. The minimum Gasteiger partial charge on any atom is -0.129 e. The molecule has 2 aromatic rings. The Balaban J connectivity index is 2.01. The molecule has 0 aliphatic heterocycles. The van der Waals surface area contributed by atoms with Crippen LogP contribution in [0.4, 0.5) is 0 Å². The van der Waals surface area contributed by atoms with Crippen molar-refractivity contribution < 1.29 is 0 Å². The van der Waals surface area contributed by atoms with E-state index in [2.05, 4.69) is 76.2 Å². The fraction of sp³-hybridized carbons (Fsp3) is 0.333. The van der Waals surface area contributed by atoms with E-state index < -0.39 is 0 Å². The average Bonchev–Trinajstić information content (AvgIpc) is 3.08. The largest absolute Gasteiger partial charge is 0.129 e. The van der Waals surface area contributed by atoms with Crippen molar-refractivity contribution >= 4 is 11.8 Å². The van der Waals surface area contributed by atoms with Gasteiger partial charge in [-0.25, -0.2) is 0 Å². The van der Waals surface area contributed by atoms with Gasteiger partial charge in [-0.15, -0.1) is 11.8 Å². The molecule has 0 heterocycles.